The molecule has 0 aromatic heterocycles. The summed E-state index contributed by atoms with van der Waals surface area (Å²) in [6.45, 7) is 8.14. The molecule has 3 heteroatoms. The van der Waals surface area contributed by atoms with Gasteiger partial charge in [-0.05, 0) is 41.7 Å². The second kappa shape index (κ2) is 8.31. The minimum Gasteiger partial charge on any atom is -0.401 e. The normalized spacial score (nSPS) is 21.5. The molecule has 0 saturated heterocycles. The van der Waals surface area contributed by atoms with Gasteiger partial charge in [0.25, 0.3) is 0 Å². The van der Waals surface area contributed by atoms with Crippen molar-refractivity contribution in [2.45, 2.75) is 38.0 Å². The highest BCUT2D eigenvalue weighted by Gasteiger charge is 2.25. The van der Waals surface area contributed by atoms with Gasteiger partial charge in [-0.3, -0.25) is 5.32 Å². The predicted molar refractivity (Wildman–Crippen MR) is 109 cm³/mol. The first kappa shape index (κ1) is 18.5. The van der Waals surface area contributed by atoms with Crippen LogP contribution in [-0.4, -0.2) is 11.3 Å². The smallest absolute Gasteiger partial charge is 0.0719 e. The summed E-state index contributed by atoms with van der Waals surface area (Å²) in [7, 11) is 2.78. The lowest BCUT2D eigenvalue weighted by molar-refractivity contribution is 0.498. The molecule has 3 N–H and O–H groups in total. The molecule has 0 radical (unpaired) electrons. The quantitative estimate of drug-likeness (QED) is 0.599. The van der Waals surface area contributed by atoms with Crippen LogP contribution in [0.15, 0.2) is 72.7 Å². The van der Waals surface area contributed by atoms with Crippen molar-refractivity contribution in [2.75, 3.05) is 0 Å². The van der Waals surface area contributed by atoms with Gasteiger partial charge in [-0.25, -0.2) is 0 Å². The molecule has 0 fully saturated rings. The molecule has 0 spiro atoms. The molecule has 2 nitrogen and oxygen atoms in total. The van der Waals surface area contributed by atoms with Crippen LogP contribution in [0.4, 0.5) is 0 Å². The lowest BCUT2D eigenvalue weighted by atomic mass is 10.0. The molecule has 126 valence electrons. The van der Waals surface area contributed by atoms with Crippen molar-refractivity contribution in [1.29, 1.82) is 0 Å². The highest BCUT2D eigenvalue weighted by molar-refractivity contribution is 7.19. The van der Waals surface area contributed by atoms with Crippen LogP contribution < -0.4 is 11.1 Å². The molecule has 24 heavy (non-hydrogen) atoms. The van der Waals surface area contributed by atoms with Crippen LogP contribution in [0.2, 0.25) is 0 Å². The Bertz CT molecular complexity index is 706. The maximum absolute atomic E-state index is 5.93. The Morgan fingerprint density at radius 3 is 2.62 bits per heavy atom. The van der Waals surface area contributed by atoms with E-state index in [2.05, 4.69) is 83.2 Å². The van der Waals surface area contributed by atoms with Gasteiger partial charge in [-0.15, -0.1) is 15.0 Å². The maximum Gasteiger partial charge on any atom is 0.0719 e. The fourth-order valence-electron chi connectivity index (χ4n) is 2.55. The molecule has 1 aliphatic carbocycles. The largest absolute Gasteiger partial charge is 0.401 e. The van der Waals surface area contributed by atoms with Crippen LogP contribution >= 0.6 is 9.24 Å². The molecule has 0 amide bonds. The van der Waals surface area contributed by atoms with Crippen molar-refractivity contribution in [1.82, 2.24) is 5.32 Å². The minimum atomic E-state index is -0.366. The van der Waals surface area contributed by atoms with Crippen LogP contribution in [0, 0.1) is 0 Å². The van der Waals surface area contributed by atoms with Gasteiger partial charge >= 0.3 is 0 Å². The number of aryl methyl sites for hydroxylation is 1. The van der Waals surface area contributed by atoms with E-state index >= 15 is 0 Å². The van der Waals surface area contributed by atoms with E-state index in [1.54, 1.807) is 0 Å². The van der Waals surface area contributed by atoms with E-state index < -0.39 is 0 Å². The Balaban J connectivity index is 2.16. The monoisotopic (exact) mass is 338 g/mol. The number of nitrogens with two attached hydrogens (primary N) is 1. The van der Waals surface area contributed by atoms with E-state index in [0.29, 0.717) is 5.70 Å². The van der Waals surface area contributed by atoms with Crippen molar-refractivity contribution < 1.29 is 0 Å². The molecule has 1 aliphatic rings. The number of hydrogen-bond acceptors (Lipinski definition) is 2. The van der Waals surface area contributed by atoms with E-state index in [9.17, 15) is 0 Å². The summed E-state index contributed by atoms with van der Waals surface area (Å²) in [6.07, 6.45) is 12.2. The van der Waals surface area contributed by atoms with Gasteiger partial charge in [-0.1, -0.05) is 62.9 Å². The Morgan fingerprint density at radius 2 is 2.04 bits per heavy atom. The third-order valence-corrected chi connectivity index (χ3v) is 5.30. The number of allylic oxidation sites excluding steroid dienone is 3. The molecule has 1 aromatic carbocycles. The van der Waals surface area contributed by atoms with E-state index in [0.717, 1.165) is 18.4 Å². The zero-order chi connectivity index (χ0) is 17.6. The lowest BCUT2D eigenvalue weighted by Crippen LogP contribution is -2.47. The van der Waals surface area contributed by atoms with Gasteiger partial charge in [0.2, 0.25) is 0 Å². The summed E-state index contributed by atoms with van der Waals surface area (Å²) in [4.78, 5) is 0. The van der Waals surface area contributed by atoms with Gasteiger partial charge in [0.1, 0.15) is 0 Å². The third kappa shape index (κ3) is 4.58. The number of benzene rings is 1. The maximum atomic E-state index is 5.93. The molecule has 0 heterocycles. The summed E-state index contributed by atoms with van der Waals surface area (Å²) in [5, 5.41) is 3.14. The van der Waals surface area contributed by atoms with E-state index in [1.165, 1.54) is 11.1 Å². The summed E-state index contributed by atoms with van der Waals surface area (Å²) in [5.74, 6) is 0. The third-order valence-electron chi connectivity index (χ3n) is 4.36. The zero-order valence-corrected chi connectivity index (χ0v) is 15.7. The number of nitrogens with one attached hydrogen (secondary N) is 1. The first-order valence-corrected chi connectivity index (χ1v) is 8.98. The molecule has 0 aliphatic heterocycles. The summed E-state index contributed by atoms with van der Waals surface area (Å²) in [6, 6.07) is 8.74. The van der Waals surface area contributed by atoms with Crippen molar-refractivity contribution in [3.63, 3.8) is 0 Å². The van der Waals surface area contributed by atoms with Gasteiger partial charge in [0.15, 0.2) is 0 Å². The first-order valence-electron chi connectivity index (χ1n) is 8.40. The van der Waals surface area contributed by atoms with Gasteiger partial charge in [0.05, 0.1) is 11.3 Å². The van der Waals surface area contributed by atoms with Crippen molar-refractivity contribution in [3.05, 3.63) is 83.8 Å². The van der Waals surface area contributed by atoms with Crippen LogP contribution in [-0.2, 0) is 6.42 Å². The van der Waals surface area contributed by atoms with Crippen LogP contribution in [0.3, 0.4) is 0 Å². The average molecular weight is 338 g/mol. The molecule has 0 bridgehead atoms. The van der Waals surface area contributed by atoms with E-state index in [1.807, 2.05) is 12.2 Å². The zero-order valence-electron chi connectivity index (χ0n) is 14.5. The van der Waals surface area contributed by atoms with Crippen LogP contribution in [0.25, 0.3) is 5.57 Å². The Hall–Kier alpha value is -1.85. The summed E-state index contributed by atoms with van der Waals surface area (Å²) in [5.41, 5.74) is 13.5. The summed E-state index contributed by atoms with van der Waals surface area (Å²) >= 11 is 0. The SMILES string of the molecule is C=C(N)C(P)(CC)NC1C=C=C/C(c2ccc(CC)cc2)=C\C=C1. The minimum absolute atomic E-state index is 0.0549. The highest BCUT2D eigenvalue weighted by Crippen LogP contribution is 2.25. The molecule has 1 aromatic rings. The average Bonchev–Trinajstić information content (AvgIpc) is 2.57. The molecule has 3 atom stereocenters. The molecule has 0 saturated carbocycles. The van der Waals surface area contributed by atoms with Crippen LogP contribution in [0.5, 0.6) is 0 Å². The topological polar surface area (TPSA) is 38.0 Å². The highest BCUT2D eigenvalue weighted by atomic mass is 31.0. The predicted octanol–water partition coefficient (Wildman–Crippen LogP) is 4.33. The van der Waals surface area contributed by atoms with Crippen molar-refractivity contribution >= 4 is 14.8 Å². The second-order valence-electron chi connectivity index (χ2n) is 6.06. The molecular formula is C21H27N2P. The standard InChI is InChI=1S/C21H27N2P/c1-4-17-12-14-19(15-13-17)18-8-6-10-20(11-7-9-18)23-21(24,5-2)16(3)22/h6,8-15,20,23H,3-5,22,24H2,1-2H3/b10-6?,18-8+. The Kier molecular flexibility index (Phi) is 6.40. The number of hydrogen-bond donors (Lipinski definition) is 2. The fraction of sp³-hybridized carbons (Fsp3) is 0.286. The molecule has 3 unspecified atom stereocenters. The Morgan fingerprint density at radius 1 is 1.33 bits per heavy atom. The van der Waals surface area contributed by atoms with E-state index in [-0.39, 0.29) is 11.3 Å². The van der Waals surface area contributed by atoms with Gasteiger partial charge < -0.3 is 5.73 Å². The van der Waals surface area contributed by atoms with E-state index in [4.69, 9.17) is 5.73 Å². The van der Waals surface area contributed by atoms with Gasteiger partial charge in [0, 0.05) is 5.70 Å². The van der Waals surface area contributed by atoms with Crippen LogP contribution in [0.1, 0.15) is 31.4 Å². The number of rotatable bonds is 6. The Labute approximate surface area is 148 Å². The van der Waals surface area contributed by atoms with Gasteiger partial charge in [-0.2, -0.15) is 0 Å². The lowest BCUT2D eigenvalue weighted by Gasteiger charge is -2.32. The van der Waals surface area contributed by atoms with Crippen molar-refractivity contribution in [2.24, 2.45) is 5.73 Å². The van der Waals surface area contributed by atoms with Crippen molar-refractivity contribution in [3.8, 4) is 0 Å². The first-order chi connectivity index (χ1) is 11.5. The molecule has 2 rings (SSSR count). The summed E-state index contributed by atoms with van der Waals surface area (Å²) < 4.78 is 0. The fourth-order valence-corrected chi connectivity index (χ4v) is 2.74. The molecular weight excluding hydrogens is 311 g/mol. The second-order valence-corrected chi connectivity index (χ2v) is 7.04.